The van der Waals surface area contributed by atoms with Gasteiger partial charge in [-0.1, -0.05) is 42.6 Å². The van der Waals surface area contributed by atoms with Crippen LogP contribution >= 0.6 is 11.8 Å². The molecule has 3 unspecified atom stereocenters. The van der Waals surface area contributed by atoms with Crippen LogP contribution in [0.5, 0.6) is 0 Å². The molecule has 8 nitrogen and oxygen atoms in total. The first kappa shape index (κ1) is 25.6. The van der Waals surface area contributed by atoms with E-state index in [-0.39, 0.29) is 46.8 Å². The smallest absolute Gasteiger partial charge is 0.326 e. The molecule has 0 aromatic heterocycles. The predicted molar refractivity (Wildman–Crippen MR) is 144 cm³/mol. The van der Waals surface area contributed by atoms with Gasteiger partial charge in [0, 0.05) is 42.0 Å². The van der Waals surface area contributed by atoms with Crippen molar-refractivity contribution in [2.75, 3.05) is 24.5 Å². The SMILES string of the molecule is C=CC(=O)N1CC[C@@H](NC(=O)C2=C3NC(=O)N(c4cccc(-c5cccc(F)c5F)c4)C4CCNC(S2)C34)C1. The molecule has 3 saturated heterocycles. The van der Waals surface area contributed by atoms with Gasteiger partial charge in [0.2, 0.25) is 5.91 Å². The van der Waals surface area contributed by atoms with Crippen LogP contribution in [0.1, 0.15) is 12.8 Å². The van der Waals surface area contributed by atoms with Gasteiger partial charge in [-0.15, -0.1) is 0 Å². The molecule has 3 fully saturated rings. The predicted octanol–water partition coefficient (Wildman–Crippen LogP) is 3.33. The first-order valence-corrected chi connectivity index (χ1v) is 13.7. The van der Waals surface area contributed by atoms with E-state index in [1.165, 1.54) is 30.0 Å². The first-order chi connectivity index (χ1) is 18.9. The number of amides is 4. The van der Waals surface area contributed by atoms with Crippen molar-refractivity contribution in [1.82, 2.24) is 20.9 Å². The lowest BCUT2D eigenvalue weighted by molar-refractivity contribution is -0.125. The Labute approximate surface area is 228 Å². The van der Waals surface area contributed by atoms with Crippen molar-refractivity contribution < 1.29 is 23.2 Å². The number of likely N-dealkylation sites (tertiary alicyclic amines) is 1. The van der Waals surface area contributed by atoms with Gasteiger partial charge in [-0.05, 0) is 49.2 Å². The minimum Gasteiger partial charge on any atom is -0.347 e. The zero-order chi connectivity index (χ0) is 27.3. The first-order valence-electron chi connectivity index (χ1n) is 12.9. The van der Waals surface area contributed by atoms with E-state index in [2.05, 4.69) is 22.5 Å². The van der Waals surface area contributed by atoms with Crippen LogP contribution in [0.2, 0.25) is 0 Å². The molecule has 4 aliphatic rings. The van der Waals surface area contributed by atoms with Crippen LogP contribution in [0, 0.1) is 17.6 Å². The number of nitrogens with zero attached hydrogens (tertiary/aromatic N) is 2. The maximum atomic E-state index is 14.5. The second-order valence-electron chi connectivity index (χ2n) is 10.0. The van der Waals surface area contributed by atoms with Crippen LogP contribution in [-0.4, -0.2) is 59.8 Å². The molecule has 6 rings (SSSR count). The molecule has 4 atom stereocenters. The number of hydrogen-bond donors (Lipinski definition) is 3. The summed E-state index contributed by atoms with van der Waals surface area (Å²) in [6.07, 6.45) is 2.58. The number of hydrogen-bond acceptors (Lipinski definition) is 5. The van der Waals surface area contributed by atoms with Crippen molar-refractivity contribution in [2.45, 2.75) is 30.3 Å². The van der Waals surface area contributed by atoms with Gasteiger partial charge in [-0.2, -0.15) is 0 Å². The molecule has 11 heteroatoms. The molecule has 202 valence electrons. The number of nitrogens with one attached hydrogen (secondary N) is 3. The van der Waals surface area contributed by atoms with E-state index < -0.39 is 11.6 Å². The molecule has 2 aromatic rings. The maximum Gasteiger partial charge on any atom is 0.326 e. The summed E-state index contributed by atoms with van der Waals surface area (Å²) in [4.78, 5) is 42.5. The summed E-state index contributed by atoms with van der Waals surface area (Å²) in [5, 5.41) is 9.35. The number of benzene rings is 2. The lowest BCUT2D eigenvalue weighted by Crippen LogP contribution is -2.62. The Morgan fingerprint density at radius 2 is 1.97 bits per heavy atom. The maximum absolute atomic E-state index is 14.5. The Hall–Kier alpha value is -3.70. The summed E-state index contributed by atoms with van der Waals surface area (Å²) >= 11 is 1.40. The fourth-order valence-corrected chi connectivity index (χ4v) is 7.33. The van der Waals surface area contributed by atoms with Gasteiger partial charge in [-0.25, -0.2) is 13.6 Å². The van der Waals surface area contributed by atoms with E-state index in [1.807, 2.05) is 0 Å². The van der Waals surface area contributed by atoms with Crippen LogP contribution in [0.3, 0.4) is 0 Å². The van der Waals surface area contributed by atoms with Crippen LogP contribution < -0.4 is 20.9 Å². The van der Waals surface area contributed by atoms with Gasteiger partial charge in [0.25, 0.3) is 5.91 Å². The number of carbonyl (C=O) groups is 3. The lowest BCUT2D eigenvalue weighted by Gasteiger charge is -2.45. The summed E-state index contributed by atoms with van der Waals surface area (Å²) in [5.41, 5.74) is 1.75. The van der Waals surface area contributed by atoms with Crippen molar-refractivity contribution in [1.29, 1.82) is 0 Å². The Balaban J connectivity index is 1.26. The second-order valence-corrected chi connectivity index (χ2v) is 11.2. The minimum absolute atomic E-state index is 0.103. The quantitative estimate of drug-likeness (QED) is 0.496. The van der Waals surface area contributed by atoms with Crippen LogP contribution in [0.15, 0.2) is 65.7 Å². The Morgan fingerprint density at radius 3 is 2.79 bits per heavy atom. The van der Waals surface area contributed by atoms with Gasteiger partial charge in [0.15, 0.2) is 11.6 Å². The number of carbonyl (C=O) groups excluding carboxylic acids is 3. The molecule has 0 bridgehead atoms. The highest BCUT2D eigenvalue weighted by Crippen LogP contribution is 2.48. The molecule has 0 radical (unpaired) electrons. The zero-order valence-corrected chi connectivity index (χ0v) is 21.8. The highest BCUT2D eigenvalue weighted by molar-refractivity contribution is 8.04. The van der Waals surface area contributed by atoms with Gasteiger partial charge >= 0.3 is 6.03 Å². The van der Waals surface area contributed by atoms with Gasteiger partial charge in [0.05, 0.1) is 16.3 Å². The van der Waals surface area contributed by atoms with Crippen LogP contribution in [0.4, 0.5) is 19.3 Å². The van der Waals surface area contributed by atoms with Crippen molar-refractivity contribution >= 4 is 35.3 Å². The van der Waals surface area contributed by atoms with Gasteiger partial charge in [0.1, 0.15) is 0 Å². The van der Waals surface area contributed by atoms with Crippen LogP contribution in [0.25, 0.3) is 11.1 Å². The Kier molecular flexibility index (Phi) is 6.64. The van der Waals surface area contributed by atoms with Crippen molar-refractivity contribution in [3.05, 3.63) is 77.4 Å². The highest BCUT2D eigenvalue weighted by Gasteiger charge is 2.52. The molecule has 2 aromatic carbocycles. The summed E-state index contributed by atoms with van der Waals surface area (Å²) in [5.74, 6) is -2.45. The second kappa shape index (κ2) is 10.1. The van der Waals surface area contributed by atoms with Crippen LogP contribution in [-0.2, 0) is 9.59 Å². The fraction of sp³-hybridized carbons (Fsp3) is 0.321. The van der Waals surface area contributed by atoms with E-state index >= 15 is 0 Å². The average Bonchev–Trinajstić information content (AvgIpc) is 3.55. The summed E-state index contributed by atoms with van der Waals surface area (Å²) < 4.78 is 28.4. The van der Waals surface area contributed by atoms with E-state index in [4.69, 9.17) is 0 Å². The summed E-state index contributed by atoms with van der Waals surface area (Å²) in [6, 6.07) is 10.1. The number of rotatable bonds is 5. The van der Waals surface area contributed by atoms with Crippen molar-refractivity contribution in [3.8, 4) is 11.1 Å². The third kappa shape index (κ3) is 4.49. The number of urea groups is 1. The monoisotopic (exact) mass is 551 g/mol. The number of thioether (sulfide) groups is 1. The highest BCUT2D eigenvalue weighted by atomic mass is 32.2. The standard InChI is InChI=1S/C28H27F2N5O3S/c1-2-21(36)34-12-10-16(14-34)32-26(37)25-24-22-20(9-11-31-27(22)39-25)35(28(38)33-24)17-6-3-5-15(13-17)18-7-4-8-19(29)23(18)30/h2-8,13,16,20,22,27,31H,1,9-12,14H2,(H,32,37)(H,33,38)/t16-,20?,22?,27?/m1/s1. The normalized spacial score (nSPS) is 25.8. The average molecular weight is 552 g/mol. The molecule has 0 aliphatic carbocycles. The molecule has 3 N–H and O–H groups in total. The number of piperidine rings is 1. The molecular weight excluding hydrogens is 524 g/mol. The molecular formula is C28H27F2N5O3S. The Bertz CT molecular complexity index is 1420. The van der Waals surface area contributed by atoms with E-state index in [0.29, 0.717) is 54.3 Å². The minimum atomic E-state index is -0.938. The largest absolute Gasteiger partial charge is 0.347 e. The van der Waals surface area contributed by atoms with Gasteiger partial charge in [-0.3, -0.25) is 14.5 Å². The van der Waals surface area contributed by atoms with E-state index in [1.54, 1.807) is 34.1 Å². The fourth-order valence-electron chi connectivity index (χ4n) is 5.93. The van der Waals surface area contributed by atoms with Gasteiger partial charge < -0.3 is 20.9 Å². The molecule has 0 spiro atoms. The topological polar surface area (TPSA) is 93.8 Å². The lowest BCUT2D eigenvalue weighted by atomic mass is 9.86. The molecule has 4 amide bonds. The Morgan fingerprint density at radius 1 is 1.15 bits per heavy atom. The summed E-state index contributed by atoms with van der Waals surface area (Å²) in [6.45, 7) is 5.14. The molecule has 39 heavy (non-hydrogen) atoms. The number of halogens is 2. The number of anilines is 1. The molecule has 4 aliphatic heterocycles. The van der Waals surface area contributed by atoms with E-state index in [9.17, 15) is 23.2 Å². The molecule has 0 saturated carbocycles. The van der Waals surface area contributed by atoms with E-state index in [0.717, 1.165) is 6.07 Å². The zero-order valence-electron chi connectivity index (χ0n) is 21.0. The third-order valence-corrected chi connectivity index (χ3v) is 9.10. The molecule has 4 heterocycles. The summed E-state index contributed by atoms with van der Waals surface area (Å²) in [7, 11) is 0. The van der Waals surface area contributed by atoms with Crippen molar-refractivity contribution in [3.63, 3.8) is 0 Å². The third-order valence-electron chi connectivity index (χ3n) is 7.74. The van der Waals surface area contributed by atoms with Crippen molar-refractivity contribution in [2.24, 2.45) is 5.92 Å².